The molecule has 0 fully saturated rings. The number of nitrogens with zero attached hydrogens (tertiary/aromatic N) is 2. The predicted octanol–water partition coefficient (Wildman–Crippen LogP) is 1.52. The van der Waals surface area contributed by atoms with Crippen LogP contribution in [-0.4, -0.2) is 54.8 Å². The summed E-state index contributed by atoms with van der Waals surface area (Å²) in [6.45, 7) is 1.42. The Morgan fingerprint density at radius 2 is 1.93 bits per heavy atom. The minimum Gasteiger partial charge on any atom is -0.497 e. The van der Waals surface area contributed by atoms with E-state index >= 15 is 0 Å². The highest BCUT2D eigenvalue weighted by Gasteiger charge is 2.29. The van der Waals surface area contributed by atoms with Gasteiger partial charge in [-0.25, -0.2) is 30.9 Å². The van der Waals surface area contributed by atoms with E-state index in [0.29, 0.717) is 0 Å². The highest BCUT2D eigenvalue weighted by Crippen LogP contribution is 2.33. The molecule has 1 N–H and O–H groups in total. The molecule has 0 unspecified atom stereocenters. The largest absolute Gasteiger partial charge is 0.497 e. The van der Waals surface area contributed by atoms with Gasteiger partial charge in [0.2, 0.25) is 10.0 Å². The first kappa shape index (κ1) is 21.9. The van der Waals surface area contributed by atoms with Gasteiger partial charge in [-0.05, 0) is 19.1 Å². The number of anilines is 2. The van der Waals surface area contributed by atoms with Gasteiger partial charge in [-0.3, -0.25) is 4.72 Å². The van der Waals surface area contributed by atoms with Crippen molar-refractivity contribution in [2.24, 2.45) is 0 Å². The first-order chi connectivity index (χ1) is 13.1. The number of esters is 1. The number of nitrogens with one attached hydrogen (secondary N) is 1. The number of rotatable bonds is 8. The number of thiazole rings is 1. The number of hydrogen-bond acceptors (Lipinski definition) is 9. The third kappa shape index (κ3) is 4.54. The minimum atomic E-state index is -4.20. The standard InChI is InChI=1S/C15H19N3O7S3/c1-5-27(20,21)17-11-8-10(24-3)6-7-13(11)28(22,23)18(2)15-16-9-12(26-15)14(19)25-4/h6-9,17H,5H2,1-4H3. The number of benzene rings is 1. The Hall–Kier alpha value is -2.38. The maximum Gasteiger partial charge on any atom is 0.349 e. The van der Waals surface area contributed by atoms with Crippen molar-refractivity contribution >= 4 is 48.2 Å². The van der Waals surface area contributed by atoms with E-state index in [1.807, 2.05) is 0 Å². The second-order valence-electron chi connectivity index (χ2n) is 5.34. The van der Waals surface area contributed by atoms with E-state index in [4.69, 9.17) is 4.74 Å². The smallest absolute Gasteiger partial charge is 0.349 e. The molecular formula is C15H19N3O7S3. The fraction of sp³-hybridized carbons (Fsp3) is 0.333. The molecule has 0 radical (unpaired) electrons. The van der Waals surface area contributed by atoms with Crippen LogP contribution in [0.4, 0.5) is 10.8 Å². The summed E-state index contributed by atoms with van der Waals surface area (Å²) >= 11 is 0.824. The lowest BCUT2D eigenvalue weighted by molar-refractivity contribution is 0.0606. The van der Waals surface area contributed by atoms with Crippen LogP contribution < -0.4 is 13.8 Å². The Morgan fingerprint density at radius 3 is 2.50 bits per heavy atom. The van der Waals surface area contributed by atoms with Gasteiger partial charge in [-0.15, -0.1) is 0 Å². The number of hydrogen-bond donors (Lipinski definition) is 1. The molecule has 0 spiro atoms. The highest BCUT2D eigenvalue weighted by atomic mass is 32.2. The van der Waals surface area contributed by atoms with E-state index in [1.54, 1.807) is 0 Å². The van der Waals surface area contributed by atoms with Gasteiger partial charge in [0.1, 0.15) is 15.5 Å². The van der Waals surface area contributed by atoms with Crippen LogP contribution in [0, 0.1) is 0 Å². The Morgan fingerprint density at radius 1 is 1.25 bits per heavy atom. The van der Waals surface area contributed by atoms with E-state index in [-0.39, 0.29) is 32.1 Å². The molecule has 0 saturated heterocycles. The number of aromatic nitrogens is 1. The van der Waals surface area contributed by atoms with Crippen LogP contribution in [0.5, 0.6) is 5.75 Å². The third-order valence-corrected chi connectivity index (χ3v) is 7.89. The number of methoxy groups -OCH3 is 2. The molecular weight excluding hydrogens is 430 g/mol. The Kier molecular flexibility index (Phi) is 6.52. The third-order valence-electron chi connectivity index (χ3n) is 3.62. The van der Waals surface area contributed by atoms with Crippen molar-refractivity contribution in [1.82, 2.24) is 4.98 Å². The molecule has 2 rings (SSSR count). The fourth-order valence-electron chi connectivity index (χ4n) is 2.04. The van der Waals surface area contributed by atoms with Gasteiger partial charge >= 0.3 is 5.97 Å². The fourth-order valence-corrected chi connectivity index (χ4v) is 5.03. The lowest BCUT2D eigenvalue weighted by Gasteiger charge is -2.19. The average Bonchev–Trinajstić information content (AvgIpc) is 3.16. The van der Waals surface area contributed by atoms with Gasteiger partial charge in [0.05, 0.1) is 31.9 Å². The molecule has 0 bridgehead atoms. The zero-order valence-corrected chi connectivity index (χ0v) is 17.9. The zero-order chi connectivity index (χ0) is 21.1. The Bertz CT molecular complexity index is 1080. The van der Waals surface area contributed by atoms with Gasteiger partial charge < -0.3 is 9.47 Å². The summed E-state index contributed by atoms with van der Waals surface area (Å²) in [5, 5.41) is 0.0144. The molecule has 0 aliphatic carbocycles. The molecule has 154 valence electrons. The van der Waals surface area contributed by atoms with Crippen LogP contribution >= 0.6 is 11.3 Å². The Balaban J connectivity index is 2.52. The van der Waals surface area contributed by atoms with Crippen molar-refractivity contribution in [3.05, 3.63) is 29.3 Å². The molecule has 1 aromatic carbocycles. The summed E-state index contributed by atoms with van der Waals surface area (Å²) in [6.07, 6.45) is 1.20. The minimum absolute atomic E-state index is 0.0144. The second kappa shape index (κ2) is 8.32. The summed E-state index contributed by atoms with van der Waals surface area (Å²) < 4.78 is 62.9. The van der Waals surface area contributed by atoms with Crippen molar-refractivity contribution in [2.75, 3.05) is 36.0 Å². The van der Waals surface area contributed by atoms with E-state index in [1.165, 1.54) is 52.6 Å². The summed E-state index contributed by atoms with van der Waals surface area (Å²) in [4.78, 5) is 15.3. The maximum atomic E-state index is 13.1. The van der Waals surface area contributed by atoms with Gasteiger partial charge in [-0.1, -0.05) is 11.3 Å². The Labute approximate surface area is 167 Å². The summed E-state index contributed by atoms with van der Waals surface area (Å²) in [7, 11) is -4.12. The molecule has 0 saturated carbocycles. The number of ether oxygens (including phenoxy) is 2. The van der Waals surface area contributed by atoms with Crippen molar-refractivity contribution < 1.29 is 31.1 Å². The molecule has 1 aromatic heterocycles. The summed E-state index contributed by atoms with van der Waals surface area (Å²) in [5.41, 5.74) is -0.155. The number of sulfonamides is 2. The molecule has 0 atom stereocenters. The van der Waals surface area contributed by atoms with Crippen LogP contribution in [-0.2, 0) is 24.8 Å². The van der Waals surface area contributed by atoms with Crippen LogP contribution in [0.15, 0.2) is 29.3 Å². The first-order valence-electron chi connectivity index (χ1n) is 7.77. The van der Waals surface area contributed by atoms with Crippen LogP contribution in [0.3, 0.4) is 0 Å². The van der Waals surface area contributed by atoms with Gasteiger partial charge in [0.15, 0.2) is 5.13 Å². The SMILES string of the molecule is CCS(=O)(=O)Nc1cc(OC)ccc1S(=O)(=O)N(C)c1ncc(C(=O)OC)s1. The average molecular weight is 450 g/mol. The molecule has 13 heteroatoms. The summed E-state index contributed by atoms with van der Waals surface area (Å²) in [6, 6.07) is 3.90. The predicted molar refractivity (Wildman–Crippen MR) is 105 cm³/mol. The van der Waals surface area contributed by atoms with Gasteiger partial charge in [0, 0.05) is 13.1 Å². The topological polar surface area (TPSA) is 132 Å². The molecule has 0 aliphatic rings. The molecule has 10 nitrogen and oxygen atoms in total. The van der Waals surface area contributed by atoms with E-state index in [9.17, 15) is 21.6 Å². The van der Waals surface area contributed by atoms with E-state index in [0.717, 1.165) is 15.6 Å². The monoisotopic (exact) mass is 449 g/mol. The van der Waals surface area contributed by atoms with Crippen molar-refractivity contribution in [2.45, 2.75) is 11.8 Å². The van der Waals surface area contributed by atoms with Crippen molar-refractivity contribution in [3.8, 4) is 5.75 Å². The van der Waals surface area contributed by atoms with Gasteiger partial charge in [0.25, 0.3) is 10.0 Å². The summed E-state index contributed by atoms with van der Waals surface area (Å²) in [5.74, 6) is -0.609. The number of carbonyl (C=O) groups excluding carboxylic acids is 1. The van der Waals surface area contributed by atoms with E-state index in [2.05, 4.69) is 14.4 Å². The van der Waals surface area contributed by atoms with Crippen LogP contribution in [0.25, 0.3) is 0 Å². The first-order valence-corrected chi connectivity index (χ1v) is 11.7. The highest BCUT2D eigenvalue weighted by molar-refractivity contribution is 7.94. The normalized spacial score (nSPS) is 11.7. The van der Waals surface area contributed by atoms with Gasteiger partial charge in [-0.2, -0.15) is 0 Å². The molecule has 1 heterocycles. The quantitative estimate of drug-likeness (QED) is 0.600. The van der Waals surface area contributed by atoms with Crippen molar-refractivity contribution in [3.63, 3.8) is 0 Å². The van der Waals surface area contributed by atoms with Crippen LogP contribution in [0.2, 0.25) is 0 Å². The zero-order valence-electron chi connectivity index (χ0n) is 15.5. The molecule has 0 amide bonds. The molecule has 0 aliphatic heterocycles. The van der Waals surface area contributed by atoms with Crippen LogP contribution in [0.1, 0.15) is 16.6 Å². The molecule has 2 aromatic rings. The lowest BCUT2D eigenvalue weighted by Crippen LogP contribution is -2.28. The number of carbonyl (C=O) groups is 1. The maximum absolute atomic E-state index is 13.1. The lowest BCUT2D eigenvalue weighted by atomic mass is 10.3. The van der Waals surface area contributed by atoms with Crippen molar-refractivity contribution in [1.29, 1.82) is 0 Å². The second-order valence-corrected chi connectivity index (χ2v) is 10.3. The molecule has 28 heavy (non-hydrogen) atoms. The van der Waals surface area contributed by atoms with E-state index < -0.39 is 26.0 Å².